The third-order valence-corrected chi connectivity index (χ3v) is 4.65. The van der Waals surface area contributed by atoms with Crippen LogP contribution in [0, 0.1) is 0 Å². The summed E-state index contributed by atoms with van der Waals surface area (Å²) in [5.41, 5.74) is 2.68. The summed E-state index contributed by atoms with van der Waals surface area (Å²) in [5.74, 6) is -0.0808. The average molecular weight is 364 g/mol. The molecule has 0 saturated carbocycles. The van der Waals surface area contributed by atoms with E-state index in [2.05, 4.69) is 26.2 Å². The second-order valence-corrected chi connectivity index (χ2v) is 5.89. The Balaban J connectivity index is 1.79. The molecule has 3 rings (SSSR count). The number of fused-ring (bicyclic) bond motifs is 1. The van der Waals surface area contributed by atoms with Gasteiger partial charge in [-0.15, -0.1) is 0 Å². The first-order chi connectivity index (χ1) is 10.1. The maximum atomic E-state index is 12.2. The molecule has 0 aliphatic carbocycles. The standard InChI is InChI=1S/C16H12BrClN2O/c17-16-12(18)5-3-7-14(16)20-15(21)8-10-9-19-13-6-2-1-4-11(10)13/h1-7,9,19H,8H2,(H,20,21). The minimum absolute atomic E-state index is 0.0808. The van der Waals surface area contributed by atoms with E-state index in [0.29, 0.717) is 21.6 Å². The van der Waals surface area contributed by atoms with Gasteiger partial charge in [-0.05, 0) is 39.7 Å². The van der Waals surface area contributed by atoms with Gasteiger partial charge in [-0.25, -0.2) is 0 Å². The van der Waals surface area contributed by atoms with Crippen molar-refractivity contribution in [2.45, 2.75) is 6.42 Å². The number of carbonyl (C=O) groups excluding carboxylic acids is 1. The number of nitrogens with one attached hydrogen (secondary N) is 2. The van der Waals surface area contributed by atoms with Crippen molar-refractivity contribution in [3.63, 3.8) is 0 Å². The van der Waals surface area contributed by atoms with E-state index < -0.39 is 0 Å². The van der Waals surface area contributed by atoms with Gasteiger partial charge < -0.3 is 10.3 Å². The summed E-state index contributed by atoms with van der Waals surface area (Å²) >= 11 is 9.39. The van der Waals surface area contributed by atoms with Crippen LogP contribution in [0.5, 0.6) is 0 Å². The molecule has 3 aromatic rings. The smallest absolute Gasteiger partial charge is 0.228 e. The average Bonchev–Trinajstić information content (AvgIpc) is 2.87. The van der Waals surface area contributed by atoms with Crippen LogP contribution in [0.25, 0.3) is 10.9 Å². The predicted octanol–water partition coefficient (Wildman–Crippen LogP) is 4.77. The molecule has 0 spiro atoms. The molecule has 5 heteroatoms. The van der Waals surface area contributed by atoms with Crippen molar-refractivity contribution in [1.29, 1.82) is 0 Å². The Kier molecular flexibility index (Phi) is 3.99. The van der Waals surface area contributed by atoms with Gasteiger partial charge in [0.2, 0.25) is 5.91 Å². The normalized spacial score (nSPS) is 10.8. The number of hydrogen-bond acceptors (Lipinski definition) is 1. The van der Waals surface area contributed by atoms with E-state index in [-0.39, 0.29) is 5.91 Å². The largest absolute Gasteiger partial charge is 0.361 e. The molecule has 2 aromatic carbocycles. The minimum atomic E-state index is -0.0808. The molecule has 0 bridgehead atoms. The lowest BCUT2D eigenvalue weighted by Crippen LogP contribution is -2.14. The van der Waals surface area contributed by atoms with Crippen LogP contribution < -0.4 is 5.32 Å². The molecule has 3 nitrogen and oxygen atoms in total. The van der Waals surface area contributed by atoms with Crippen molar-refractivity contribution in [3.8, 4) is 0 Å². The highest BCUT2D eigenvalue weighted by Gasteiger charge is 2.11. The van der Waals surface area contributed by atoms with Gasteiger partial charge in [0.25, 0.3) is 0 Å². The van der Waals surface area contributed by atoms with Crippen LogP contribution in [0.15, 0.2) is 53.1 Å². The molecule has 0 saturated heterocycles. The van der Waals surface area contributed by atoms with Crippen LogP contribution >= 0.6 is 27.5 Å². The van der Waals surface area contributed by atoms with Gasteiger partial charge in [0.1, 0.15) is 0 Å². The summed E-state index contributed by atoms with van der Waals surface area (Å²) in [6.07, 6.45) is 2.18. The molecule has 0 aliphatic heterocycles. The highest BCUT2D eigenvalue weighted by Crippen LogP contribution is 2.30. The number of aromatic nitrogens is 1. The molecule has 106 valence electrons. The predicted molar refractivity (Wildman–Crippen MR) is 89.8 cm³/mol. The monoisotopic (exact) mass is 362 g/mol. The van der Waals surface area contributed by atoms with Crippen LogP contribution in [-0.2, 0) is 11.2 Å². The molecule has 1 amide bonds. The van der Waals surface area contributed by atoms with E-state index in [1.807, 2.05) is 36.5 Å². The number of para-hydroxylation sites is 1. The first-order valence-electron chi connectivity index (χ1n) is 6.44. The Labute approximate surface area is 135 Å². The summed E-state index contributed by atoms with van der Waals surface area (Å²) < 4.78 is 0.693. The third-order valence-electron chi connectivity index (χ3n) is 3.25. The number of hydrogen-bond donors (Lipinski definition) is 2. The van der Waals surface area contributed by atoms with Crippen LogP contribution in [0.2, 0.25) is 5.02 Å². The lowest BCUT2D eigenvalue weighted by molar-refractivity contribution is -0.115. The first kappa shape index (κ1) is 14.2. The number of benzene rings is 2. The molecular formula is C16H12BrClN2O. The number of aromatic amines is 1. The molecule has 0 atom stereocenters. The van der Waals surface area contributed by atoms with E-state index in [1.165, 1.54) is 0 Å². The van der Waals surface area contributed by atoms with E-state index in [9.17, 15) is 4.79 Å². The Morgan fingerprint density at radius 2 is 2.00 bits per heavy atom. The van der Waals surface area contributed by atoms with E-state index in [1.54, 1.807) is 12.1 Å². The van der Waals surface area contributed by atoms with Gasteiger partial charge in [0.05, 0.1) is 21.6 Å². The van der Waals surface area contributed by atoms with Gasteiger partial charge in [0.15, 0.2) is 0 Å². The summed E-state index contributed by atoms with van der Waals surface area (Å²) in [6, 6.07) is 13.3. The minimum Gasteiger partial charge on any atom is -0.361 e. The summed E-state index contributed by atoms with van der Waals surface area (Å²) in [6.45, 7) is 0. The second kappa shape index (κ2) is 5.92. The maximum absolute atomic E-state index is 12.2. The molecule has 0 radical (unpaired) electrons. The second-order valence-electron chi connectivity index (χ2n) is 4.69. The Hall–Kier alpha value is -1.78. The molecule has 21 heavy (non-hydrogen) atoms. The third kappa shape index (κ3) is 2.96. The topological polar surface area (TPSA) is 44.9 Å². The van der Waals surface area contributed by atoms with Crippen LogP contribution in [-0.4, -0.2) is 10.9 Å². The Bertz CT molecular complexity index is 813. The maximum Gasteiger partial charge on any atom is 0.228 e. The number of H-pyrrole nitrogens is 1. The molecule has 2 N–H and O–H groups in total. The van der Waals surface area contributed by atoms with Crippen LogP contribution in [0.3, 0.4) is 0 Å². The van der Waals surface area contributed by atoms with E-state index in [4.69, 9.17) is 11.6 Å². The summed E-state index contributed by atoms with van der Waals surface area (Å²) in [5, 5.41) is 4.51. The van der Waals surface area contributed by atoms with Gasteiger partial charge >= 0.3 is 0 Å². The SMILES string of the molecule is O=C(Cc1c[nH]c2ccccc12)Nc1cccc(Cl)c1Br. The van der Waals surface area contributed by atoms with Crippen molar-refractivity contribution in [2.24, 2.45) is 0 Å². The fraction of sp³-hybridized carbons (Fsp3) is 0.0625. The van der Waals surface area contributed by atoms with Gasteiger partial charge in [-0.1, -0.05) is 35.9 Å². The number of carbonyl (C=O) groups is 1. The number of rotatable bonds is 3. The van der Waals surface area contributed by atoms with Crippen molar-refractivity contribution in [3.05, 3.63) is 63.7 Å². The molecule has 1 aromatic heterocycles. The Morgan fingerprint density at radius 3 is 2.86 bits per heavy atom. The van der Waals surface area contributed by atoms with Crippen molar-refractivity contribution < 1.29 is 4.79 Å². The summed E-state index contributed by atoms with van der Waals surface area (Å²) in [7, 11) is 0. The van der Waals surface area contributed by atoms with Crippen molar-refractivity contribution in [1.82, 2.24) is 4.98 Å². The Morgan fingerprint density at radius 1 is 1.19 bits per heavy atom. The van der Waals surface area contributed by atoms with Crippen molar-refractivity contribution >= 4 is 50.0 Å². The van der Waals surface area contributed by atoms with E-state index in [0.717, 1.165) is 16.5 Å². The highest BCUT2D eigenvalue weighted by atomic mass is 79.9. The molecular weight excluding hydrogens is 352 g/mol. The lowest BCUT2D eigenvalue weighted by atomic mass is 10.1. The zero-order valence-corrected chi connectivity index (χ0v) is 13.3. The molecule has 0 unspecified atom stereocenters. The fourth-order valence-electron chi connectivity index (χ4n) is 2.25. The van der Waals surface area contributed by atoms with E-state index >= 15 is 0 Å². The molecule has 1 heterocycles. The zero-order valence-electron chi connectivity index (χ0n) is 11.0. The van der Waals surface area contributed by atoms with Gasteiger partial charge in [-0.2, -0.15) is 0 Å². The quantitative estimate of drug-likeness (QED) is 0.692. The first-order valence-corrected chi connectivity index (χ1v) is 7.61. The highest BCUT2D eigenvalue weighted by molar-refractivity contribution is 9.10. The van der Waals surface area contributed by atoms with Crippen LogP contribution in [0.4, 0.5) is 5.69 Å². The molecule has 0 fully saturated rings. The number of amides is 1. The number of halogens is 2. The number of anilines is 1. The van der Waals surface area contributed by atoms with Gasteiger partial charge in [0, 0.05) is 17.1 Å². The summed E-state index contributed by atoms with van der Waals surface area (Å²) in [4.78, 5) is 15.4. The lowest BCUT2D eigenvalue weighted by Gasteiger charge is -2.08. The van der Waals surface area contributed by atoms with Crippen LogP contribution in [0.1, 0.15) is 5.56 Å². The fourth-order valence-corrected chi connectivity index (χ4v) is 2.78. The van der Waals surface area contributed by atoms with Gasteiger partial charge in [-0.3, -0.25) is 4.79 Å². The zero-order chi connectivity index (χ0) is 14.8. The van der Waals surface area contributed by atoms with Crippen molar-refractivity contribution in [2.75, 3.05) is 5.32 Å². The molecule has 0 aliphatic rings.